The first kappa shape index (κ1) is 14.8. The number of ether oxygens (including phenoxy) is 1. The molecule has 0 bridgehead atoms. The average molecular weight is 289 g/mol. The van der Waals surface area contributed by atoms with Crippen molar-refractivity contribution in [2.24, 2.45) is 0 Å². The smallest absolute Gasteiger partial charge is 0.214 e. The second-order valence-corrected chi connectivity index (χ2v) is 6.43. The second-order valence-electron chi connectivity index (χ2n) is 6.43. The van der Waals surface area contributed by atoms with Crippen molar-refractivity contribution in [3.05, 3.63) is 23.4 Å². The third-order valence-electron chi connectivity index (χ3n) is 4.40. The van der Waals surface area contributed by atoms with Crippen LogP contribution in [0.25, 0.3) is 0 Å². The molecule has 0 amide bonds. The molecule has 2 aliphatic rings. The summed E-state index contributed by atoms with van der Waals surface area (Å²) < 4.78 is 6.14. The highest BCUT2D eigenvalue weighted by molar-refractivity contribution is 5.25. The quantitative estimate of drug-likeness (QED) is 0.872. The van der Waals surface area contributed by atoms with Gasteiger partial charge in [0.25, 0.3) is 0 Å². The van der Waals surface area contributed by atoms with Gasteiger partial charge < -0.3 is 15.0 Å². The number of hydrogen-bond acceptors (Lipinski definition) is 4. The lowest BCUT2D eigenvalue weighted by Crippen LogP contribution is -2.35. The van der Waals surface area contributed by atoms with Crippen molar-refractivity contribution < 1.29 is 4.74 Å². The van der Waals surface area contributed by atoms with E-state index in [0.717, 1.165) is 56.5 Å². The first-order valence-corrected chi connectivity index (χ1v) is 8.31. The Balaban J connectivity index is 1.63. The summed E-state index contributed by atoms with van der Waals surface area (Å²) in [6.07, 6.45) is 6.13. The fraction of sp³-hybridized carbons (Fsp3) is 0.706. The summed E-state index contributed by atoms with van der Waals surface area (Å²) in [6.45, 7) is 5.33. The van der Waals surface area contributed by atoms with E-state index in [0.29, 0.717) is 6.10 Å². The number of piperidine rings is 1. The van der Waals surface area contributed by atoms with Crippen LogP contribution in [0.5, 0.6) is 5.88 Å². The molecule has 1 saturated carbocycles. The summed E-state index contributed by atoms with van der Waals surface area (Å²) in [5, 5.41) is 3.57. The number of aryl methyl sites for hydroxylation is 1. The van der Waals surface area contributed by atoms with Gasteiger partial charge in [-0.3, -0.25) is 0 Å². The lowest BCUT2D eigenvalue weighted by atomic mass is 10.1. The first-order valence-electron chi connectivity index (χ1n) is 8.31. The molecule has 0 atom stereocenters. The van der Waals surface area contributed by atoms with E-state index in [4.69, 9.17) is 4.74 Å². The van der Waals surface area contributed by atoms with E-state index in [2.05, 4.69) is 41.3 Å². The highest BCUT2D eigenvalue weighted by atomic mass is 16.5. The molecule has 0 unspecified atom stereocenters. The SMILES string of the molecule is CCc1cc(CNC2CC2)cc(OC2CCN(C)CC2)n1. The monoisotopic (exact) mass is 289 g/mol. The van der Waals surface area contributed by atoms with Crippen LogP contribution < -0.4 is 10.1 Å². The van der Waals surface area contributed by atoms with Crippen LogP contribution in [-0.2, 0) is 13.0 Å². The Labute approximate surface area is 127 Å². The van der Waals surface area contributed by atoms with Crippen molar-refractivity contribution in [3.8, 4) is 5.88 Å². The highest BCUT2D eigenvalue weighted by Crippen LogP contribution is 2.22. The van der Waals surface area contributed by atoms with Crippen LogP contribution in [0.3, 0.4) is 0 Å². The van der Waals surface area contributed by atoms with Gasteiger partial charge in [-0.05, 0) is 50.8 Å². The number of rotatable bonds is 6. The number of likely N-dealkylation sites (tertiary alicyclic amines) is 1. The Morgan fingerprint density at radius 3 is 2.67 bits per heavy atom. The van der Waals surface area contributed by atoms with Gasteiger partial charge in [0.2, 0.25) is 5.88 Å². The average Bonchev–Trinajstić information content (AvgIpc) is 3.31. The number of nitrogens with one attached hydrogen (secondary N) is 1. The van der Waals surface area contributed by atoms with Crippen LogP contribution in [-0.4, -0.2) is 42.2 Å². The van der Waals surface area contributed by atoms with E-state index in [1.807, 2.05) is 0 Å². The van der Waals surface area contributed by atoms with Crippen LogP contribution in [0.15, 0.2) is 12.1 Å². The highest BCUT2D eigenvalue weighted by Gasteiger charge is 2.21. The number of hydrogen-bond donors (Lipinski definition) is 1. The molecule has 2 heterocycles. The zero-order chi connectivity index (χ0) is 14.7. The van der Waals surface area contributed by atoms with Crippen LogP contribution in [0.4, 0.5) is 0 Å². The zero-order valence-corrected chi connectivity index (χ0v) is 13.3. The number of aromatic nitrogens is 1. The first-order chi connectivity index (χ1) is 10.2. The Hall–Kier alpha value is -1.13. The zero-order valence-electron chi connectivity index (χ0n) is 13.3. The minimum absolute atomic E-state index is 0.324. The molecule has 21 heavy (non-hydrogen) atoms. The van der Waals surface area contributed by atoms with Gasteiger partial charge in [-0.15, -0.1) is 0 Å². The molecule has 0 radical (unpaired) electrons. The minimum Gasteiger partial charge on any atom is -0.474 e. The summed E-state index contributed by atoms with van der Waals surface area (Å²) in [6, 6.07) is 5.06. The maximum Gasteiger partial charge on any atom is 0.214 e. The van der Waals surface area contributed by atoms with E-state index in [9.17, 15) is 0 Å². The molecule has 1 aromatic rings. The van der Waals surface area contributed by atoms with Gasteiger partial charge in [-0.1, -0.05) is 6.92 Å². The van der Waals surface area contributed by atoms with Crippen molar-refractivity contribution in [3.63, 3.8) is 0 Å². The lowest BCUT2D eigenvalue weighted by Gasteiger charge is -2.29. The fourth-order valence-electron chi connectivity index (χ4n) is 2.79. The van der Waals surface area contributed by atoms with E-state index in [1.54, 1.807) is 0 Å². The molecule has 4 heteroatoms. The number of pyridine rings is 1. The van der Waals surface area contributed by atoms with Gasteiger partial charge >= 0.3 is 0 Å². The van der Waals surface area contributed by atoms with Gasteiger partial charge in [0.15, 0.2) is 0 Å². The predicted molar refractivity (Wildman–Crippen MR) is 84.6 cm³/mol. The van der Waals surface area contributed by atoms with Crippen LogP contribution in [0.2, 0.25) is 0 Å². The molecule has 116 valence electrons. The molecule has 1 N–H and O–H groups in total. The predicted octanol–water partition coefficient (Wildman–Crippen LogP) is 2.37. The molecular formula is C17H27N3O. The molecule has 1 aliphatic carbocycles. The van der Waals surface area contributed by atoms with Gasteiger partial charge in [0.05, 0.1) is 0 Å². The standard InChI is InChI=1S/C17H27N3O/c1-3-14-10-13(12-18-15-4-5-15)11-17(19-14)21-16-6-8-20(2)9-7-16/h10-11,15-16,18H,3-9,12H2,1-2H3. The molecule has 1 aliphatic heterocycles. The van der Waals surface area contributed by atoms with Gasteiger partial charge in [0, 0.05) is 37.4 Å². The van der Waals surface area contributed by atoms with Crippen molar-refractivity contribution >= 4 is 0 Å². The van der Waals surface area contributed by atoms with E-state index in [1.165, 1.54) is 18.4 Å². The summed E-state index contributed by atoms with van der Waals surface area (Å²) >= 11 is 0. The normalized spacial score (nSPS) is 20.7. The van der Waals surface area contributed by atoms with Crippen LogP contribution >= 0.6 is 0 Å². The van der Waals surface area contributed by atoms with E-state index in [-0.39, 0.29) is 0 Å². The Kier molecular flexibility index (Phi) is 4.76. The molecule has 4 nitrogen and oxygen atoms in total. The maximum atomic E-state index is 6.14. The minimum atomic E-state index is 0.324. The molecule has 2 fully saturated rings. The summed E-state index contributed by atoms with van der Waals surface area (Å²) in [7, 11) is 2.17. The molecular weight excluding hydrogens is 262 g/mol. The van der Waals surface area contributed by atoms with Gasteiger partial charge in [-0.25, -0.2) is 4.98 Å². The molecule has 1 saturated heterocycles. The van der Waals surface area contributed by atoms with Crippen molar-refractivity contribution in [2.75, 3.05) is 20.1 Å². The third-order valence-corrected chi connectivity index (χ3v) is 4.40. The van der Waals surface area contributed by atoms with Crippen molar-refractivity contribution in [1.29, 1.82) is 0 Å². The van der Waals surface area contributed by atoms with Crippen LogP contribution in [0.1, 0.15) is 43.9 Å². The summed E-state index contributed by atoms with van der Waals surface area (Å²) in [5.41, 5.74) is 2.43. The molecule has 0 spiro atoms. The summed E-state index contributed by atoms with van der Waals surface area (Å²) in [4.78, 5) is 7.01. The van der Waals surface area contributed by atoms with Gasteiger partial charge in [-0.2, -0.15) is 0 Å². The molecule has 0 aromatic carbocycles. The second kappa shape index (κ2) is 6.75. The third kappa shape index (κ3) is 4.42. The van der Waals surface area contributed by atoms with Gasteiger partial charge in [0.1, 0.15) is 6.10 Å². The Morgan fingerprint density at radius 1 is 1.24 bits per heavy atom. The van der Waals surface area contributed by atoms with Crippen molar-refractivity contribution in [1.82, 2.24) is 15.2 Å². The topological polar surface area (TPSA) is 37.4 Å². The lowest BCUT2D eigenvalue weighted by molar-refractivity contribution is 0.109. The largest absolute Gasteiger partial charge is 0.474 e. The maximum absolute atomic E-state index is 6.14. The molecule has 1 aromatic heterocycles. The number of nitrogens with zero attached hydrogens (tertiary/aromatic N) is 2. The van der Waals surface area contributed by atoms with E-state index < -0.39 is 0 Å². The molecule has 3 rings (SSSR count). The van der Waals surface area contributed by atoms with E-state index >= 15 is 0 Å². The summed E-state index contributed by atoms with van der Waals surface area (Å²) in [5.74, 6) is 0.816. The Bertz CT molecular complexity index is 465. The van der Waals surface area contributed by atoms with Crippen molar-refractivity contribution in [2.45, 2.75) is 57.7 Å². The fourth-order valence-corrected chi connectivity index (χ4v) is 2.79. The Morgan fingerprint density at radius 2 is 2.00 bits per heavy atom. The van der Waals surface area contributed by atoms with Crippen LogP contribution in [0, 0.1) is 0 Å².